The van der Waals surface area contributed by atoms with Gasteiger partial charge in [0.15, 0.2) is 0 Å². The third-order valence-corrected chi connectivity index (χ3v) is 9.84. The lowest BCUT2D eigenvalue weighted by Gasteiger charge is -2.35. The summed E-state index contributed by atoms with van der Waals surface area (Å²) in [7, 11) is 0. The van der Waals surface area contributed by atoms with Crippen LogP contribution in [0.1, 0.15) is 41.1 Å². The highest BCUT2D eigenvalue weighted by Crippen LogP contribution is 2.39. The SMILES string of the molecule is C=C/C(=C\C=C\c1ccc2ccccc2c1)C1=CC(c2ccc(N(c3ccccc3)c3ccc4c(c3)CCC=C4)cc2)NC2CC=CC=C12. The highest BCUT2D eigenvalue weighted by Gasteiger charge is 2.28. The molecule has 5 aromatic rings. The van der Waals surface area contributed by atoms with E-state index in [0.29, 0.717) is 0 Å². The van der Waals surface area contributed by atoms with Crippen LogP contribution in [0.25, 0.3) is 22.9 Å². The Balaban J connectivity index is 1.11. The van der Waals surface area contributed by atoms with Crippen molar-refractivity contribution in [3.63, 3.8) is 0 Å². The van der Waals surface area contributed by atoms with Crippen LogP contribution in [-0.4, -0.2) is 6.04 Å². The zero-order valence-corrected chi connectivity index (χ0v) is 27.7. The van der Waals surface area contributed by atoms with Gasteiger partial charge in [-0.3, -0.25) is 5.32 Å². The van der Waals surface area contributed by atoms with Gasteiger partial charge in [-0.25, -0.2) is 0 Å². The number of benzene rings is 5. The first-order valence-electron chi connectivity index (χ1n) is 17.3. The van der Waals surface area contributed by atoms with E-state index in [1.165, 1.54) is 49.9 Å². The lowest BCUT2D eigenvalue weighted by molar-refractivity contribution is 0.511. The van der Waals surface area contributed by atoms with Crippen molar-refractivity contribution in [2.75, 3.05) is 4.90 Å². The van der Waals surface area contributed by atoms with Gasteiger partial charge in [-0.2, -0.15) is 0 Å². The second-order valence-electron chi connectivity index (χ2n) is 12.9. The van der Waals surface area contributed by atoms with Crippen LogP contribution in [0, 0.1) is 0 Å². The monoisotopic (exact) mass is 632 g/mol. The number of hydrogen-bond donors (Lipinski definition) is 1. The van der Waals surface area contributed by atoms with Gasteiger partial charge in [-0.1, -0.05) is 140 Å². The van der Waals surface area contributed by atoms with E-state index in [-0.39, 0.29) is 12.1 Å². The number of fused-ring (bicyclic) bond motifs is 3. The van der Waals surface area contributed by atoms with E-state index in [1.807, 2.05) is 6.08 Å². The molecule has 49 heavy (non-hydrogen) atoms. The molecule has 2 heteroatoms. The van der Waals surface area contributed by atoms with Crippen molar-refractivity contribution in [2.24, 2.45) is 0 Å². The van der Waals surface area contributed by atoms with Crippen molar-refractivity contribution in [3.8, 4) is 0 Å². The molecular weight excluding hydrogens is 593 g/mol. The second kappa shape index (κ2) is 13.8. The van der Waals surface area contributed by atoms with E-state index >= 15 is 0 Å². The summed E-state index contributed by atoms with van der Waals surface area (Å²) in [4.78, 5) is 2.37. The van der Waals surface area contributed by atoms with Gasteiger partial charge in [-0.15, -0.1) is 0 Å². The minimum atomic E-state index is 0.0752. The Morgan fingerprint density at radius 1 is 0.776 bits per heavy atom. The van der Waals surface area contributed by atoms with E-state index in [2.05, 4.69) is 187 Å². The summed E-state index contributed by atoms with van der Waals surface area (Å²) in [6.45, 7) is 4.24. The van der Waals surface area contributed by atoms with Gasteiger partial charge < -0.3 is 4.90 Å². The Hall–Kier alpha value is -5.70. The molecule has 1 N–H and O–H groups in total. The number of aryl methyl sites for hydroxylation is 1. The van der Waals surface area contributed by atoms with Gasteiger partial charge in [0.1, 0.15) is 0 Å². The average Bonchev–Trinajstić information content (AvgIpc) is 3.17. The molecule has 0 saturated carbocycles. The molecule has 2 atom stereocenters. The lowest BCUT2D eigenvalue weighted by atomic mass is 9.82. The van der Waals surface area contributed by atoms with Crippen LogP contribution in [-0.2, 0) is 6.42 Å². The molecule has 2 unspecified atom stereocenters. The number of nitrogens with zero attached hydrogens (tertiary/aromatic N) is 1. The summed E-state index contributed by atoms with van der Waals surface area (Å²) < 4.78 is 0. The van der Waals surface area contributed by atoms with E-state index in [0.717, 1.165) is 36.2 Å². The zero-order valence-electron chi connectivity index (χ0n) is 27.7. The third kappa shape index (κ3) is 6.44. The largest absolute Gasteiger partial charge is 0.310 e. The number of para-hydroxylation sites is 1. The summed E-state index contributed by atoms with van der Waals surface area (Å²) in [6, 6.07) is 42.0. The van der Waals surface area contributed by atoms with Gasteiger partial charge >= 0.3 is 0 Å². The number of anilines is 3. The predicted octanol–water partition coefficient (Wildman–Crippen LogP) is 11.9. The Labute approximate surface area is 290 Å². The normalized spacial score (nSPS) is 18.5. The molecule has 0 amide bonds. The minimum Gasteiger partial charge on any atom is -0.310 e. The molecule has 3 aliphatic rings. The Morgan fingerprint density at radius 3 is 2.43 bits per heavy atom. The van der Waals surface area contributed by atoms with Crippen molar-refractivity contribution in [3.05, 3.63) is 209 Å². The maximum absolute atomic E-state index is 4.24. The number of allylic oxidation sites excluding steroid dienone is 7. The van der Waals surface area contributed by atoms with Crippen LogP contribution < -0.4 is 10.2 Å². The predicted molar refractivity (Wildman–Crippen MR) is 209 cm³/mol. The molecule has 2 aliphatic carbocycles. The molecule has 0 saturated heterocycles. The molecule has 0 spiro atoms. The first-order chi connectivity index (χ1) is 24.2. The van der Waals surface area contributed by atoms with Crippen LogP contribution in [0.4, 0.5) is 17.1 Å². The third-order valence-electron chi connectivity index (χ3n) is 9.84. The Bertz CT molecular complexity index is 2190. The van der Waals surface area contributed by atoms with Crippen molar-refractivity contribution < 1.29 is 0 Å². The molecule has 1 aliphatic heterocycles. The van der Waals surface area contributed by atoms with E-state index < -0.39 is 0 Å². The summed E-state index contributed by atoms with van der Waals surface area (Å²) in [5.41, 5.74) is 12.3. The highest BCUT2D eigenvalue weighted by molar-refractivity contribution is 5.85. The van der Waals surface area contributed by atoms with Crippen LogP contribution in [0.15, 0.2) is 187 Å². The van der Waals surface area contributed by atoms with Crippen LogP contribution in [0.2, 0.25) is 0 Å². The van der Waals surface area contributed by atoms with E-state index in [4.69, 9.17) is 0 Å². The highest BCUT2D eigenvalue weighted by atomic mass is 15.1. The van der Waals surface area contributed by atoms with E-state index in [9.17, 15) is 0 Å². The first-order valence-corrected chi connectivity index (χ1v) is 17.3. The van der Waals surface area contributed by atoms with Crippen molar-refractivity contribution in [1.82, 2.24) is 5.32 Å². The molecule has 0 bridgehead atoms. The fraction of sp³-hybridized carbons (Fsp3) is 0.106. The molecule has 8 rings (SSSR count). The number of nitrogens with one attached hydrogen (secondary N) is 1. The summed E-state index contributed by atoms with van der Waals surface area (Å²) >= 11 is 0. The summed E-state index contributed by atoms with van der Waals surface area (Å²) in [5.74, 6) is 0. The maximum atomic E-state index is 4.24. The standard InChI is InChI=1S/C47H40N2/c1-2-35(18-12-13-34-23-24-36-14-6-8-16-39(36)31-34)45-33-47(48-46-22-11-10-21-44(45)46)38-26-28-42(29-27-38)49(41-19-4-3-5-20-41)43-30-25-37-15-7-9-17-40(37)32-43/h2-8,10-16,18-21,23-33,46-48H,1,9,17,22H2/b13-12+,35-18+. The lowest BCUT2D eigenvalue weighted by Crippen LogP contribution is -2.38. The fourth-order valence-electron chi connectivity index (χ4n) is 7.30. The molecule has 0 aromatic heterocycles. The molecular formula is C47H40N2. The summed E-state index contributed by atoms with van der Waals surface area (Å²) in [5, 5.41) is 6.44. The number of hydrogen-bond acceptors (Lipinski definition) is 2. The first kappa shape index (κ1) is 30.6. The van der Waals surface area contributed by atoms with E-state index in [1.54, 1.807) is 0 Å². The average molecular weight is 633 g/mol. The quantitative estimate of drug-likeness (QED) is 0.171. The Kier molecular flexibility index (Phi) is 8.63. The molecule has 0 radical (unpaired) electrons. The molecule has 5 aromatic carbocycles. The van der Waals surface area contributed by atoms with Gasteiger partial charge in [0, 0.05) is 23.1 Å². The zero-order chi connectivity index (χ0) is 33.0. The maximum Gasteiger partial charge on any atom is 0.0520 e. The van der Waals surface area contributed by atoms with Gasteiger partial charge in [-0.05, 0) is 111 Å². The second-order valence-corrected chi connectivity index (χ2v) is 12.9. The van der Waals surface area contributed by atoms with Crippen molar-refractivity contribution in [1.29, 1.82) is 0 Å². The number of rotatable bonds is 8. The molecule has 238 valence electrons. The van der Waals surface area contributed by atoms with Crippen LogP contribution in [0.5, 0.6) is 0 Å². The smallest absolute Gasteiger partial charge is 0.0520 e. The molecule has 2 nitrogen and oxygen atoms in total. The molecule has 1 heterocycles. The molecule has 0 fully saturated rings. The fourth-order valence-corrected chi connectivity index (χ4v) is 7.30. The van der Waals surface area contributed by atoms with Crippen LogP contribution >= 0.6 is 0 Å². The minimum absolute atomic E-state index is 0.0752. The summed E-state index contributed by atoms with van der Waals surface area (Å²) in [6.07, 6.45) is 25.2. The van der Waals surface area contributed by atoms with Crippen molar-refractivity contribution in [2.45, 2.75) is 31.3 Å². The van der Waals surface area contributed by atoms with Gasteiger partial charge in [0.05, 0.1) is 6.04 Å². The van der Waals surface area contributed by atoms with Crippen LogP contribution in [0.3, 0.4) is 0 Å². The van der Waals surface area contributed by atoms with Crippen molar-refractivity contribution >= 4 is 40.0 Å². The Morgan fingerprint density at radius 2 is 1.57 bits per heavy atom. The van der Waals surface area contributed by atoms with Gasteiger partial charge in [0.2, 0.25) is 0 Å². The van der Waals surface area contributed by atoms with Gasteiger partial charge in [0.25, 0.3) is 0 Å². The topological polar surface area (TPSA) is 15.3 Å².